The minimum absolute atomic E-state index is 0.112. The smallest absolute Gasteiger partial charge is 0.357 e. The van der Waals surface area contributed by atoms with E-state index < -0.39 is 44.1 Å². The Morgan fingerprint density at radius 1 is 1.28 bits per heavy atom. The number of aryl methyl sites for hydroxylation is 1. The Hall–Kier alpha value is -1.56. The summed E-state index contributed by atoms with van der Waals surface area (Å²) in [4.78, 5) is 35.8. The third kappa shape index (κ3) is 5.46. The van der Waals surface area contributed by atoms with Crippen molar-refractivity contribution < 1.29 is 19.5 Å². The van der Waals surface area contributed by atoms with Gasteiger partial charge in [-0.1, -0.05) is 59.7 Å². The number of nitrogens with one attached hydrogen (secondary N) is 2. The Morgan fingerprint density at radius 3 is 2.60 bits per heavy atom. The number of Topliss-reactive ketones (excluding diaryl/α,β-unsaturated/α-hetero) is 1. The third-order valence-electron chi connectivity index (χ3n) is 3.43. The van der Waals surface area contributed by atoms with Crippen LogP contribution in [-0.2, 0) is 14.4 Å². The Labute approximate surface area is 164 Å². The van der Waals surface area contributed by atoms with Crippen LogP contribution in [0.15, 0.2) is 34.4 Å². The SMILES string of the molecule is Cc1ccccc1NC(=O)CC(C(=O)C(=N)C(=O)O)C1=IC=IC=C1. The number of allylic oxidation sites excluding steroid dienone is 1. The molecule has 0 saturated heterocycles. The van der Waals surface area contributed by atoms with Gasteiger partial charge < -0.3 is 10.4 Å². The van der Waals surface area contributed by atoms with E-state index in [0.29, 0.717) is 5.69 Å². The van der Waals surface area contributed by atoms with Gasteiger partial charge in [0.15, 0.2) is 11.5 Å². The molecule has 1 aliphatic rings. The third-order valence-corrected chi connectivity index (χ3v) is 9.94. The zero-order chi connectivity index (χ0) is 18.4. The molecule has 6 nitrogen and oxygen atoms in total. The van der Waals surface area contributed by atoms with Gasteiger partial charge in [0, 0.05) is 14.1 Å². The molecule has 25 heavy (non-hydrogen) atoms. The van der Waals surface area contributed by atoms with Crippen molar-refractivity contribution in [3.05, 3.63) is 40.0 Å². The van der Waals surface area contributed by atoms with E-state index in [-0.39, 0.29) is 33.1 Å². The molecule has 1 aromatic rings. The number of benzene rings is 1. The molecule has 0 aromatic heterocycles. The maximum atomic E-state index is 12.4. The van der Waals surface area contributed by atoms with Gasteiger partial charge >= 0.3 is 5.97 Å². The minimum atomic E-state index is -1.57. The van der Waals surface area contributed by atoms with Crippen LogP contribution in [0.4, 0.5) is 5.69 Å². The number of carbonyl (C=O) groups excluding carboxylic acids is 2. The predicted molar refractivity (Wildman–Crippen MR) is 117 cm³/mol. The largest absolute Gasteiger partial charge is 0.476 e. The molecular formula is C17H16I2N2O4. The average Bonchev–Trinajstić information content (AvgIpc) is 2.61. The summed E-state index contributed by atoms with van der Waals surface area (Å²) in [6.45, 7) is 1.86. The van der Waals surface area contributed by atoms with Crippen LogP contribution in [0.25, 0.3) is 0 Å². The molecule has 132 valence electrons. The number of carboxylic acid groups (broad SMARTS) is 1. The van der Waals surface area contributed by atoms with Gasteiger partial charge in [-0.3, -0.25) is 15.0 Å². The lowest BCUT2D eigenvalue weighted by atomic mass is 9.93. The molecule has 0 fully saturated rings. The second kappa shape index (κ2) is 9.22. The van der Waals surface area contributed by atoms with Gasteiger partial charge in [-0.25, -0.2) is 4.79 Å². The molecule has 2 rings (SSSR count). The Balaban J connectivity index is 2.21. The normalized spacial score (nSPS) is 14.4. The number of amides is 1. The van der Waals surface area contributed by atoms with Gasteiger partial charge in [0.1, 0.15) is 0 Å². The van der Waals surface area contributed by atoms with Crippen molar-refractivity contribution in [2.45, 2.75) is 13.3 Å². The number of aliphatic carboxylic acids is 1. The van der Waals surface area contributed by atoms with Crippen LogP contribution in [-0.4, -0.2) is 34.0 Å². The number of ketones is 1. The van der Waals surface area contributed by atoms with Crippen molar-refractivity contribution in [2.24, 2.45) is 5.92 Å². The number of para-hydroxylation sites is 1. The quantitative estimate of drug-likeness (QED) is 0.268. The average molecular weight is 566 g/mol. The monoisotopic (exact) mass is 566 g/mol. The first-order valence-corrected chi connectivity index (χ1v) is 12.0. The van der Waals surface area contributed by atoms with Gasteiger partial charge in [0.2, 0.25) is 5.91 Å². The summed E-state index contributed by atoms with van der Waals surface area (Å²) >= 11 is -0.618. The Morgan fingerprint density at radius 2 is 2.00 bits per heavy atom. The van der Waals surface area contributed by atoms with Crippen molar-refractivity contribution >= 4 is 76.0 Å². The van der Waals surface area contributed by atoms with E-state index in [1.807, 2.05) is 29.2 Å². The summed E-state index contributed by atoms with van der Waals surface area (Å²) in [5.41, 5.74) is 0.579. The Kier molecular flexibility index (Phi) is 7.29. The van der Waals surface area contributed by atoms with Crippen molar-refractivity contribution in [3.8, 4) is 0 Å². The van der Waals surface area contributed by atoms with Crippen LogP contribution in [0.3, 0.4) is 0 Å². The maximum Gasteiger partial charge on any atom is 0.357 e. The van der Waals surface area contributed by atoms with Crippen LogP contribution in [0.2, 0.25) is 0 Å². The lowest BCUT2D eigenvalue weighted by molar-refractivity contribution is -0.131. The highest BCUT2D eigenvalue weighted by atomic mass is 127. The fourth-order valence-electron chi connectivity index (χ4n) is 2.12. The first-order chi connectivity index (χ1) is 11.9. The summed E-state index contributed by atoms with van der Waals surface area (Å²) in [5.74, 6) is -3.61. The number of carbonyl (C=O) groups is 3. The highest BCUT2D eigenvalue weighted by molar-refractivity contribution is 14.3. The van der Waals surface area contributed by atoms with Crippen molar-refractivity contribution in [2.75, 3.05) is 5.32 Å². The van der Waals surface area contributed by atoms with E-state index in [1.54, 1.807) is 12.1 Å². The van der Waals surface area contributed by atoms with Gasteiger partial charge in [0.05, 0.1) is 5.92 Å². The van der Waals surface area contributed by atoms with Crippen LogP contribution < -0.4 is 5.32 Å². The molecule has 1 aliphatic heterocycles. The molecule has 1 atom stereocenters. The number of rotatable bonds is 7. The van der Waals surface area contributed by atoms with Crippen LogP contribution in [0.5, 0.6) is 0 Å². The molecule has 1 amide bonds. The maximum absolute atomic E-state index is 12.4. The molecule has 8 heteroatoms. The topological polar surface area (TPSA) is 107 Å². The number of hydrogen-bond donors (Lipinski definition) is 3. The minimum Gasteiger partial charge on any atom is -0.476 e. The summed E-state index contributed by atoms with van der Waals surface area (Å²) in [6, 6.07) is 7.29. The summed E-state index contributed by atoms with van der Waals surface area (Å²) in [7, 11) is 0. The molecule has 0 spiro atoms. The van der Waals surface area contributed by atoms with E-state index in [2.05, 4.69) is 7.34 Å². The summed E-state index contributed by atoms with van der Waals surface area (Å²) in [6.07, 6.45) is 1.69. The van der Waals surface area contributed by atoms with Gasteiger partial charge in [0.25, 0.3) is 0 Å². The first-order valence-electron chi connectivity index (χ1n) is 7.22. The van der Waals surface area contributed by atoms with Crippen LogP contribution in [0.1, 0.15) is 12.0 Å². The van der Waals surface area contributed by atoms with E-state index >= 15 is 0 Å². The standard InChI is InChI=1S/C17H16I2N2O4/c1-10-4-2-3-5-13(10)21-14(22)8-11(12-6-7-18-9-19-12)16(23)15(20)17(24)25/h2-7,9,11,20H,8H2,1H3,(H,21,22)(H,24,25). The highest BCUT2D eigenvalue weighted by Gasteiger charge is 2.31. The van der Waals surface area contributed by atoms with E-state index in [9.17, 15) is 14.4 Å². The van der Waals surface area contributed by atoms with E-state index in [1.165, 1.54) is 0 Å². The fraction of sp³-hybridized carbons (Fsp3) is 0.176. The molecule has 0 aliphatic carbocycles. The molecule has 0 saturated carbocycles. The molecule has 1 aromatic carbocycles. The summed E-state index contributed by atoms with van der Waals surface area (Å²) < 4.78 is 4.94. The molecule has 1 heterocycles. The van der Waals surface area contributed by atoms with Crippen molar-refractivity contribution in [3.63, 3.8) is 0 Å². The summed E-state index contributed by atoms with van der Waals surface area (Å²) in [5, 5.41) is 19.2. The number of carboxylic acids is 1. The lowest BCUT2D eigenvalue weighted by Crippen LogP contribution is -2.35. The number of hydrogen-bond acceptors (Lipinski definition) is 4. The molecule has 0 radical (unpaired) electrons. The van der Waals surface area contributed by atoms with Gasteiger partial charge in [-0.2, -0.15) is 0 Å². The molecule has 3 N–H and O–H groups in total. The Bertz CT molecular complexity index is 828. The second-order valence-corrected chi connectivity index (χ2v) is 12.1. The molecule has 1 unspecified atom stereocenters. The zero-order valence-corrected chi connectivity index (χ0v) is 17.6. The number of halogens is 2. The van der Waals surface area contributed by atoms with E-state index in [4.69, 9.17) is 10.5 Å². The molecular weight excluding hydrogens is 550 g/mol. The van der Waals surface area contributed by atoms with Crippen molar-refractivity contribution in [1.82, 2.24) is 0 Å². The molecule has 0 bridgehead atoms. The second-order valence-electron chi connectivity index (χ2n) is 5.16. The van der Waals surface area contributed by atoms with Crippen molar-refractivity contribution in [1.29, 1.82) is 5.41 Å². The zero-order valence-electron chi connectivity index (χ0n) is 13.3. The number of anilines is 1. The van der Waals surface area contributed by atoms with E-state index in [0.717, 1.165) is 9.07 Å². The lowest BCUT2D eigenvalue weighted by Gasteiger charge is -2.17. The van der Waals surface area contributed by atoms with Gasteiger partial charge in [-0.05, 0) is 32.2 Å². The van der Waals surface area contributed by atoms with Crippen LogP contribution in [0, 0.1) is 18.3 Å². The van der Waals surface area contributed by atoms with Gasteiger partial charge in [-0.15, -0.1) is 0 Å². The predicted octanol–water partition coefficient (Wildman–Crippen LogP) is 3.01. The van der Waals surface area contributed by atoms with Crippen LogP contribution >= 0.6 is 41.5 Å². The highest BCUT2D eigenvalue weighted by Crippen LogP contribution is 2.23. The first kappa shape index (κ1) is 19.8. The fourth-order valence-corrected chi connectivity index (χ4v) is 9.08.